The highest BCUT2D eigenvalue weighted by molar-refractivity contribution is 9.11. The van der Waals surface area contributed by atoms with Gasteiger partial charge in [-0.15, -0.1) is 11.3 Å². The van der Waals surface area contributed by atoms with Gasteiger partial charge in [0.25, 0.3) is 0 Å². The number of thiophene rings is 1. The second-order valence-electron chi connectivity index (χ2n) is 5.47. The Balaban J connectivity index is 2.04. The zero-order chi connectivity index (χ0) is 13.9. The molecule has 0 aliphatic heterocycles. The number of hydrogen-bond acceptors (Lipinski definition) is 3. The zero-order valence-electron chi connectivity index (χ0n) is 11.3. The van der Waals surface area contributed by atoms with Gasteiger partial charge in [-0.25, -0.2) is 0 Å². The minimum absolute atomic E-state index is 0.219. The van der Waals surface area contributed by atoms with Gasteiger partial charge in [-0.05, 0) is 45.8 Å². The molecule has 0 aromatic carbocycles. The molecule has 0 spiro atoms. The first kappa shape index (κ1) is 15.0. The molecule has 2 rings (SSSR count). The van der Waals surface area contributed by atoms with Crippen LogP contribution in [-0.4, -0.2) is 24.4 Å². The first-order chi connectivity index (χ1) is 9.07. The van der Waals surface area contributed by atoms with Crippen molar-refractivity contribution in [3.8, 4) is 0 Å². The van der Waals surface area contributed by atoms with Gasteiger partial charge in [0.15, 0.2) is 0 Å². The molecule has 0 bridgehead atoms. The Morgan fingerprint density at radius 3 is 2.68 bits per heavy atom. The molecule has 1 saturated carbocycles. The number of carbonyl (C=O) groups is 1. The van der Waals surface area contributed by atoms with Gasteiger partial charge in [0, 0.05) is 20.1 Å². The van der Waals surface area contributed by atoms with E-state index >= 15 is 0 Å². The molecule has 3 nitrogen and oxygen atoms in total. The van der Waals surface area contributed by atoms with Crippen molar-refractivity contribution < 1.29 is 4.79 Å². The van der Waals surface area contributed by atoms with Crippen LogP contribution in [0.25, 0.3) is 0 Å². The molecule has 1 aliphatic rings. The summed E-state index contributed by atoms with van der Waals surface area (Å²) in [4.78, 5) is 14.5. The second-order valence-corrected chi connectivity index (χ2v) is 7.76. The summed E-state index contributed by atoms with van der Waals surface area (Å²) in [5.41, 5.74) is 6.79. The van der Waals surface area contributed by atoms with E-state index in [2.05, 4.69) is 27.4 Å². The largest absolute Gasteiger partial charge is 0.341 e. The average Bonchev–Trinajstić information content (AvgIpc) is 2.84. The fourth-order valence-electron chi connectivity index (χ4n) is 2.91. The van der Waals surface area contributed by atoms with Crippen LogP contribution >= 0.6 is 27.3 Å². The third kappa shape index (κ3) is 3.38. The molecular formula is C14H21BrN2OS. The molecule has 5 heteroatoms. The van der Waals surface area contributed by atoms with Crippen LogP contribution in [0.3, 0.4) is 0 Å². The topological polar surface area (TPSA) is 46.3 Å². The Morgan fingerprint density at radius 1 is 1.47 bits per heavy atom. The van der Waals surface area contributed by atoms with Crippen molar-refractivity contribution in [3.05, 3.63) is 20.8 Å². The molecule has 0 saturated heterocycles. The van der Waals surface area contributed by atoms with Crippen LogP contribution in [0.5, 0.6) is 0 Å². The van der Waals surface area contributed by atoms with Gasteiger partial charge < -0.3 is 10.6 Å². The lowest BCUT2D eigenvalue weighted by Crippen LogP contribution is -2.47. The number of rotatable bonds is 4. The predicted octanol–water partition coefficient (Wildman–Crippen LogP) is 3.38. The van der Waals surface area contributed by atoms with Crippen molar-refractivity contribution in [3.63, 3.8) is 0 Å². The Morgan fingerprint density at radius 2 is 2.16 bits per heavy atom. The maximum Gasteiger partial charge on any atom is 0.230 e. The van der Waals surface area contributed by atoms with Crippen molar-refractivity contribution in [2.24, 2.45) is 11.1 Å². The third-order valence-corrected chi connectivity index (χ3v) is 5.60. The molecule has 106 valence electrons. The minimum Gasteiger partial charge on any atom is -0.341 e. The lowest BCUT2D eigenvalue weighted by molar-refractivity contribution is -0.142. The predicted molar refractivity (Wildman–Crippen MR) is 83.1 cm³/mol. The molecule has 0 radical (unpaired) electrons. The Hall–Kier alpha value is -0.390. The molecule has 0 atom stereocenters. The van der Waals surface area contributed by atoms with Gasteiger partial charge in [0.1, 0.15) is 0 Å². The molecule has 0 unspecified atom stereocenters. The normalized spacial score (nSPS) is 18.3. The molecule has 1 fully saturated rings. The molecule has 1 aliphatic carbocycles. The van der Waals surface area contributed by atoms with E-state index in [1.54, 1.807) is 11.3 Å². The van der Waals surface area contributed by atoms with Crippen LogP contribution < -0.4 is 5.73 Å². The number of carbonyl (C=O) groups excluding carboxylic acids is 1. The van der Waals surface area contributed by atoms with E-state index in [0.29, 0.717) is 13.1 Å². The van der Waals surface area contributed by atoms with Crippen molar-refractivity contribution in [2.75, 3.05) is 13.6 Å². The van der Waals surface area contributed by atoms with Gasteiger partial charge in [0.05, 0.1) is 9.20 Å². The molecule has 1 heterocycles. The zero-order valence-corrected chi connectivity index (χ0v) is 13.7. The van der Waals surface area contributed by atoms with Gasteiger partial charge in [-0.2, -0.15) is 0 Å². The van der Waals surface area contributed by atoms with E-state index in [-0.39, 0.29) is 11.3 Å². The number of amides is 1. The molecule has 19 heavy (non-hydrogen) atoms. The Kier molecular flexibility index (Phi) is 5.03. The number of halogens is 1. The van der Waals surface area contributed by atoms with Crippen molar-refractivity contribution in [1.29, 1.82) is 0 Å². The van der Waals surface area contributed by atoms with E-state index < -0.39 is 0 Å². The highest BCUT2D eigenvalue weighted by Gasteiger charge is 2.39. The van der Waals surface area contributed by atoms with Crippen LogP contribution in [0.15, 0.2) is 15.2 Å². The third-order valence-electron chi connectivity index (χ3n) is 4.04. The highest BCUT2D eigenvalue weighted by atomic mass is 79.9. The van der Waals surface area contributed by atoms with Crippen molar-refractivity contribution >= 4 is 33.2 Å². The first-order valence-electron chi connectivity index (χ1n) is 6.76. The van der Waals surface area contributed by atoms with Crippen molar-refractivity contribution in [2.45, 2.75) is 38.6 Å². The minimum atomic E-state index is -0.305. The number of hydrogen-bond donors (Lipinski definition) is 1. The highest BCUT2D eigenvalue weighted by Crippen LogP contribution is 2.37. The van der Waals surface area contributed by atoms with Gasteiger partial charge in [-0.3, -0.25) is 4.79 Å². The number of nitrogens with two attached hydrogens (primary N) is 1. The molecule has 1 aromatic rings. The summed E-state index contributed by atoms with van der Waals surface area (Å²) in [7, 11) is 1.89. The molecule has 1 aromatic heterocycles. The number of nitrogens with zero attached hydrogens (tertiary/aromatic N) is 1. The van der Waals surface area contributed by atoms with Crippen LogP contribution in [0.1, 0.15) is 37.7 Å². The van der Waals surface area contributed by atoms with E-state index in [0.717, 1.165) is 29.5 Å². The maximum absolute atomic E-state index is 12.7. The fourth-order valence-corrected chi connectivity index (χ4v) is 4.11. The SMILES string of the molecule is CN(Cc1csc(Br)c1)C(=O)C1(CN)CCCCC1. The standard InChI is InChI=1S/C14H21BrN2OS/c1-17(8-11-7-12(15)19-9-11)13(18)14(10-16)5-3-2-4-6-14/h7,9H,2-6,8,10,16H2,1H3. The maximum atomic E-state index is 12.7. The fraction of sp³-hybridized carbons (Fsp3) is 0.643. The monoisotopic (exact) mass is 344 g/mol. The summed E-state index contributed by atoms with van der Waals surface area (Å²) in [6, 6.07) is 2.07. The quantitative estimate of drug-likeness (QED) is 0.909. The van der Waals surface area contributed by atoms with E-state index in [9.17, 15) is 4.79 Å². The van der Waals surface area contributed by atoms with Crippen LogP contribution in [-0.2, 0) is 11.3 Å². The smallest absolute Gasteiger partial charge is 0.230 e. The summed E-state index contributed by atoms with van der Waals surface area (Å²) in [5.74, 6) is 0.219. The summed E-state index contributed by atoms with van der Waals surface area (Å²) in [5, 5.41) is 2.09. The lowest BCUT2D eigenvalue weighted by atomic mass is 9.73. The van der Waals surface area contributed by atoms with Gasteiger partial charge in [0.2, 0.25) is 5.91 Å². The van der Waals surface area contributed by atoms with Crippen LogP contribution in [0.4, 0.5) is 0 Å². The second kappa shape index (κ2) is 6.37. The average molecular weight is 345 g/mol. The van der Waals surface area contributed by atoms with Gasteiger partial charge >= 0.3 is 0 Å². The van der Waals surface area contributed by atoms with Crippen molar-refractivity contribution in [1.82, 2.24) is 4.90 Å². The van der Waals surface area contributed by atoms with Crippen LogP contribution in [0, 0.1) is 5.41 Å². The van der Waals surface area contributed by atoms with Gasteiger partial charge in [-0.1, -0.05) is 19.3 Å². The Labute approximate surface area is 127 Å². The van der Waals surface area contributed by atoms with Crippen LogP contribution in [0.2, 0.25) is 0 Å². The molecule has 2 N–H and O–H groups in total. The summed E-state index contributed by atoms with van der Waals surface area (Å²) < 4.78 is 1.11. The summed E-state index contributed by atoms with van der Waals surface area (Å²) in [6.45, 7) is 1.15. The lowest BCUT2D eigenvalue weighted by Gasteiger charge is -2.37. The van der Waals surface area contributed by atoms with E-state index in [1.807, 2.05) is 11.9 Å². The molecule has 1 amide bonds. The summed E-state index contributed by atoms with van der Waals surface area (Å²) in [6.07, 6.45) is 5.37. The first-order valence-corrected chi connectivity index (χ1v) is 8.43. The van der Waals surface area contributed by atoms with E-state index in [1.165, 1.54) is 12.0 Å². The van der Waals surface area contributed by atoms with E-state index in [4.69, 9.17) is 5.73 Å². The summed E-state index contributed by atoms with van der Waals surface area (Å²) >= 11 is 5.11. The Bertz CT molecular complexity index is 440. The molecular weight excluding hydrogens is 324 g/mol.